The van der Waals surface area contributed by atoms with Crippen molar-refractivity contribution in [2.75, 3.05) is 33.3 Å². The maximum Gasteiger partial charge on any atom is 0.162 e. The lowest BCUT2D eigenvalue weighted by Crippen LogP contribution is -2.45. The van der Waals surface area contributed by atoms with Crippen molar-refractivity contribution in [1.29, 1.82) is 0 Å². The molecule has 1 atom stereocenters. The highest BCUT2D eigenvalue weighted by Gasteiger charge is 2.24. The van der Waals surface area contributed by atoms with Crippen LogP contribution >= 0.6 is 15.9 Å². The molecule has 5 heteroatoms. The Labute approximate surface area is 122 Å². The SMILES string of the molecule is CC[C@@H](c1cc(Br)cc(OC)c1O)N1CCNCC1. The highest BCUT2D eigenvalue weighted by Crippen LogP contribution is 2.40. The van der Waals surface area contributed by atoms with Crippen LogP contribution in [0.1, 0.15) is 24.9 Å². The number of phenolic OH excluding ortho intramolecular Hbond substituents is 1. The Morgan fingerprint density at radius 2 is 2.11 bits per heavy atom. The number of nitrogens with zero attached hydrogens (tertiary/aromatic N) is 1. The van der Waals surface area contributed by atoms with Gasteiger partial charge in [-0.1, -0.05) is 22.9 Å². The van der Waals surface area contributed by atoms with E-state index in [0.29, 0.717) is 5.75 Å². The van der Waals surface area contributed by atoms with Gasteiger partial charge in [-0.15, -0.1) is 0 Å². The number of hydrogen-bond donors (Lipinski definition) is 2. The maximum atomic E-state index is 10.4. The molecule has 0 bridgehead atoms. The van der Waals surface area contributed by atoms with E-state index in [1.165, 1.54) is 0 Å². The molecule has 0 radical (unpaired) electrons. The number of methoxy groups -OCH3 is 1. The highest BCUT2D eigenvalue weighted by molar-refractivity contribution is 9.10. The van der Waals surface area contributed by atoms with Crippen molar-refractivity contribution >= 4 is 15.9 Å². The monoisotopic (exact) mass is 328 g/mol. The molecule has 1 fully saturated rings. The second kappa shape index (κ2) is 6.59. The van der Waals surface area contributed by atoms with Crippen molar-refractivity contribution in [3.63, 3.8) is 0 Å². The number of halogens is 1. The molecule has 0 aliphatic carbocycles. The van der Waals surface area contributed by atoms with Crippen LogP contribution in [-0.2, 0) is 0 Å². The van der Waals surface area contributed by atoms with Gasteiger partial charge in [0, 0.05) is 42.3 Å². The summed E-state index contributed by atoms with van der Waals surface area (Å²) in [6.07, 6.45) is 0.965. The lowest BCUT2D eigenvalue weighted by molar-refractivity contribution is 0.166. The molecule has 0 amide bonds. The average Bonchev–Trinajstić information content (AvgIpc) is 2.44. The van der Waals surface area contributed by atoms with E-state index in [9.17, 15) is 5.11 Å². The maximum absolute atomic E-state index is 10.4. The molecule has 2 N–H and O–H groups in total. The molecule has 2 rings (SSSR count). The van der Waals surface area contributed by atoms with Gasteiger partial charge in [0.25, 0.3) is 0 Å². The minimum Gasteiger partial charge on any atom is -0.504 e. The first-order chi connectivity index (χ1) is 9.17. The van der Waals surface area contributed by atoms with Gasteiger partial charge >= 0.3 is 0 Å². The number of rotatable bonds is 4. The lowest BCUT2D eigenvalue weighted by atomic mass is 10.0. The highest BCUT2D eigenvalue weighted by atomic mass is 79.9. The van der Waals surface area contributed by atoms with Crippen LogP contribution in [0, 0.1) is 0 Å². The Morgan fingerprint density at radius 3 is 2.68 bits per heavy atom. The zero-order valence-electron chi connectivity index (χ0n) is 11.4. The number of hydrogen-bond acceptors (Lipinski definition) is 4. The van der Waals surface area contributed by atoms with Crippen molar-refractivity contribution in [3.05, 3.63) is 22.2 Å². The van der Waals surface area contributed by atoms with E-state index in [4.69, 9.17) is 4.74 Å². The topological polar surface area (TPSA) is 44.7 Å². The van der Waals surface area contributed by atoms with E-state index in [2.05, 4.69) is 33.1 Å². The fraction of sp³-hybridized carbons (Fsp3) is 0.571. The van der Waals surface area contributed by atoms with E-state index < -0.39 is 0 Å². The van der Waals surface area contributed by atoms with Crippen LogP contribution < -0.4 is 10.1 Å². The van der Waals surface area contributed by atoms with Crippen LogP contribution in [-0.4, -0.2) is 43.3 Å². The minimum atomic E-state index is 0.230. The Morgan fingerprint density at radius 1 is 1.42 bits per heavy atom. The predicted octanol–water partition coefficient (Wildman–Crippen LogP) is 2.52. The second-order valence-electron chi connectivity index (χ2n) is 4.76. The lowest BCUT2D eigenvalue weighted by Gasteiger charge is -2.35. The van der Waals surface area contributed by atoms with Crippen LogP contribution in [0.2, 0.25) is 0 Å². The van der Waals surface area contributed by atoms with Crippen LogP contribution in [0.25, 0.3) is 0 Å². The molecule has 1 heterocycles. The summed E-state index contributed by atoms with van der Waals surface area (Å²) >= 11 is 3.49. The zero-order valence-corrected chi connectivity index (χ0v) is 13.0. The minimum absolute atomic E-state index is 0.230. The molecule has 0 unspecified atom stereocenters. The summed E-state index contributed by atoms with van der Waals surface area (Å²) < 4.78 is 6.17. The average molecular weight is 329 g/mol. The van der Waals surface area contributed by atoms with Gasteiger partial charge in [-0.2, -0.15) is 0 Å². The number of benzene rings is 1. The van der Waals surface area contributed by atoms with Crippen molar-refractivity contribution in [2.45, 2.75) is 19.4 Å². The van der Waals surface area contributed by atoms with Crippen LogP contribution in [0.5, 0.6) is 11.5 Å². The van der Waals surface area contributed by atoms with E-state index in [-0.39, 0.29) is 11.8 Å². The zero-order chi connectivity index (χ0) is 13.8. The van der Waals surface area contributed by atoms with Crippen LogP contribution in [0.15, 0.2) is 16.6 Å². The number of nitrogens with one attached hydrogen (secondary N) is 1. The number of ether oxygens (including phenoxy) is 1. The molecular weight excluding hydrogens is 308 g/mol. The van der Waals surface area contributed by atoms with Crippen molar-refractivity contribution in [3.8, 4) is 11.5 Å². The van der Waals surface area contributed by atoms with Gasteiger partial charge in [0.05, 0.1) is 7.11 Å². The summed E-state index contributed by atoms with van der Waals surface area (Å²) in [5, 5.41) is 13.7. The Balaban J connectivity index is 2.34. The van der Waals surface area contributed by atoms with Crippen molar-refractivity contribution in [2.24, 2.45) is 0 Å². The molecule has 1 saturated heterocycles. The van der Waals surface area contributed by atoms with E-state index in [1.807, 2.05) is 6.07 Å². The van der Waals surface area contributed by atoms with Gasteiger partial charge in [0.1, 0.15) is 0 Å². The number of aromatic hydroxyl groups is 1. The number of piperazine rings is 1. The largest absolute Gasteiger partial charge is 0.504 e. The van der Waals surface area contributed by atoms with Gasteiger partial charge in [0.15, 0.2) is 11.5 Å². The van der Waals surface area contributed by atoms with Crippen molar-refractivity contribution in [1.82, 2.24) is 10.2 Å². The van der Waals surface area contributed by atoms with Gasteiger partial charge < -0.3 is 15.2 Å². The first kappa shape index (κ1) is 14.6. The summed E-state index contributed by atoms with van der Waals surface area (Å²) in [6, 6.07) is 4.02. The van der Waals surface area contributed by atoms with Gasteiger partial charge in [-0.3, -0.25) is 4.90 Å². The third-order valence-corrected chi connectivity index (χ3v) is 4.09. The van der Waals surface area contributed by atoms with Gasteiger partial charge in [0.2, 0.25) is 0 Å². The standard InChI is InChI=1S/C14H21BrN2O2/c1-3-12(17-6-4-16-5-7-17)11-8-10(15)9-13(19-2)14(11)18/h8-9,12,16,18H,3-7H2,1-2H3/t12-/m0/s1. The quantitative estimate of drug-likeness (QED) is 0.891. The molecule has 106 valence electrons. The molecule has 0 spiro atoms. The summed E-state index contributed by atoms with van der Waals surface area (Å²) in [6.45, 7) is 6.17. The first-order valence-electron chi connectivity index (χ1n) is 6.68. The van der Waals surface area contributed by atoms with E-state index in [1.54, 1.807) is 13.2 Å². The van der Waals surface area contributed by atoms with Crippen molar-refractivity contribution < 1.29 is 9.84 Å². The Bertz CT molecular complexity index is 434. The second-order valence-corrected chi connectivity index (χ2v) is 5.67. The molecule has 19 heavy (non-hydrogen) atoms. The van der Waals surface area contributed by atoms with E-state index >= 15 is 0 Å². The summed E-state index contributed by atoms with van der Waals surface area (Å²) in [7, 11) is 1.58. The molecule has 1 aliphatic heterocycles. The fourth-order valence-corrected chi connectivity index (χ4v) is 3.13. The smallest absolute Gasteiger partial charge is 0.162 e. The molecular formula is C14H21BrN2O2. The van der Waals surface area contributed by atoms with Gasteiger partial charge in [-0.25, -0.2) is 0 Å². The van der Waals surface area contributed by atoms with Crippen LogP contribution in [0.3, 0.4) is 0 Å². The molecule has 1 aromatic carbocycles. The normalized spacial score (nSPS) is 18.3. The fourth-order valence-electron chi connectivity index (χ4n) is 2.67. The molecule has 0 saturated carbocycles. The van der Waals surface area contributed by atoms with Gasteiger partial charge in [-0.05, 0) is 18.6 Å². The molecule has 4 nitrogen and oxygen atoms in total. The Hall–Kier alpha value is -0.780. The molecule has 1 aromatic rings. The molecule has 0 aromatic heterocycles. The summed E-state index contributed by atoms with van der Waals surface area (Å²) in [4.78, 5) is 2.41. The summed E-state index contributed by atoms with van der Waals surface area (Å²) in [5.74, 6) is 0.786. The number of phenols is 1. The first-order valence-corrected chi connectivity index (χ1v) is 7.47. The predicted molar refractivity (Wildman–Crippen MR) is 79.8 cm³/mol. The third kappa shape index (κ3) is 3.22. The Kier molecular flexibility index (Phi) is 5.07. The third-order valence-electron chi connectivity index (χ3n) is 3.63. The van der Waals surface area contributed by atoms with Crippen LogP contribution in [0.4, 0.5) is 0 Å². The summed E-state index contributed by atoms with van der Waals surface area (Å²) in [5.41, 5.74) is 0.940. The van der Waals surface area contributed by atoms with E-state index in [0.717, 1.165) is 42.6 Å². The molecule has 1 aliphatic rings.